The Morgan fingerprint density at radius 2 is 2.15 bits per heavy atom. The number of carbonyl (C=O) groups excluding carboxylic acids is 1. The summed E-state index contributed by atoms with van der Waals surface area (Å²) in [7, 11) is 1.26. The molecule has 0 aliphatic carbocycles. The monoisotopic (exact) mass is 186 g/mol. The van der Waals surface area contributed by atoms with Crippen molar-refractivity contribution < 1.29 is 14.4 Å². The van der Waals surface area contributed by atoms with Crippen molar-refractivity contribution in [3.63, 3.8) is 0 Å². The number of hydrogen-bond acceptors (Lipinski definition) is 5. The van der Waals surface area contributed by atoms with E-state index < -0.39 is 5.97 Å². The molecule has 1 N–H and O–H groups in total. The van der Waals surface area contributed by atoms with Gasteiger partial charge in [0.1, 0.15) is 6.42 Å². The minimum absolute atomic E-state index is 0.184. The van der Waals surface area contributed by atoms with Gasteiger partial charge in [-0.1, -0.05) is 12.1 Å². The smallest absolute Gasteiger partial charge is 0.315 e. The molecule has 0 rings (SSSR count). The van der Waals surface area contributed by atoms with Crippen molar-refractivity contribution in [2.45, 2.75) is 26.7 Å². The van der Waals surface area contributed by atoms with Crippen molar-refractivity contribution in [2.24, 2.45) is 5.16 Å². The van der Waals surface area contributed by atoms with Crippen LogP contribution in [0, 0.1) is 5.41 Å². The lowest BCUT2D eigenvalue weighted by atomic mass is 10.3. The van der Waals surface area contributed by atoms with E-state index in [-0.39, 0.29) is 12.3 Å². The molecule has 0 atom stereocenters. The Morgan fingerprint density at radius 1 is 1.54 bits per heavy atom. The Hall–Kier alpha value is -1.39. The van der Waals surface area contributed by atoms with E-state index in [9.17, 15) is 4.79 Å². The van der Waals surface area contributed by atoms with Crippen LogP contribution in [0.15, 0.2) is 5.16 Å². The molecule has 0 aromatic rings. The zero-order valence-corrected chi connectivity index (χ0v) is 8.09. The highest BCUT2D eigenvalue weighted by Gasteiger charge is 2.06. The highest BCUT2D eigenvalue weighted by atomic mass is 16.6. The number of esters is 1. The molecule has 0 saturated carbocycles. The average Bonchev–Trinajstić information content (AvgIpc) is 2.13. The molecule has 5 nitrogen and oxygen atoms in total. The summed E-state index contributed by atoms with van der Waals surface area (Å²) in [6.07, 6.45) is 0.572. The lowest BCUT2D eigenvalue weighted by molar-refractivity contribution is -0.139. The zero-order chi connectivity index (χ0) is 10.3. The Bertz CT molecular complexity index is 223. The van der Waals surface area contributed by atoms with Gasteiger partial charge in [0.2, 0.25) is 5.90 Å². The largest absolute Gasteiger partial charge is 0.469 e. The fraction of sp³-hybridized carbons (Fsp3) is 0.625. The summed E-state index contributed by atoms with van der Waals surface area (Å²) in [4.78, 5) is 15.3. The lowest BCUT2D eigenvalue weighted by Gasteiger charge is -2.00. The first-order chi connectivity index (χ1) is 6.10. The van der Waals surface area contributed by atoms with Crippen LogP contribution in [0.4, 0.5) is 0 Å². The molecule has 0 fully saturated rings. The van der Waals surface area contributed by atoms with Crippen LogP contribution in [-0.2, 0) is 14.4 Å². The number of ether oxygens (including phenoxy) is 1. The third-order valence-corrected chi connectivity index (χ3v) is 1.36. The molecule has 13 heavy (non-hydrogen) atoms. The molecule has 0 unspecified atom stereocenters. The predicted octanol–water partition coefficient (Wildman–Crippen LogP) is 1.33. The topological polar surface area (TPSA) is 71.7 Å². The standard InChI is InChI=1S/C8H14N2O3/c1-4-6(2)10-13-7(9)5-8(11)12-3/h9H,4-5H2,1-3H3/b9-7?,10-6+. The third-order valence-electron chi connectivity index (χ3n) is 1.36. The van der Waals surface area contributed by atoms with Crippen molar-refractivity contribution in [3.8, 4) is 0 Å². The number of oxime groups is 1. The summed E-state index contributed by atoms with van der Waals surface area (Å²) >= 11 is 0. The van der Waals surface area contributed by atoms with Gasteiger partial charge in [-0.2, -0.15) is 0 Å². The fourth-order valence-electron chi connectivity index (χ4n) is 0.433. The molecule has 0 amide bonds. The first kappa shape index (κ1) is 11.6. The van der Waals surface area contributed by atoms with E-state index in [1.54, 1.807) is 6.92 Å². The number of rotatable bonds is 4. The van der Waals surface area contributed by atoms with E-state index in [2.05, 4.69) is 14.7 Å². The first-order valence-corrected chi connectivity index (χ1v) is 3.94. The number of nitrogens with zero attached hydrogens (tertiary/aromatic N) is 1. The lowest BCUT2D eigenvalue weighted by Crippen LogP contribution is -2.10. The van der Waals surface area contributed by atoms with Gasteiger partial charge < -0.3 is 9.57 Å². The van der Waals surface area contributed by atoms with Crippen molar-refractivity contribution in [1.82, 2.24) is 0 Å². The molecule has 0 aromatic carbocycles. The molecule has 0 bridgehead atoms. The van der Waals surface area contributed by atoms with Crippen LogP contribution in [0.3, 0.4) is 0 Å². The normalized spacial score (nSPS) is 10.8. The van der Waals surface area contributed by atoms with Crippen LogP contribution in [0.25, 0.3) is 0 Å². The minimum atomic E-state index is -0.505. The fourth-order valence-corrected chi connectivity index (χ4v) is 0.433. The molecule has 5 heteroatoms. The Labute approximate surface area is 77.2 Å². The number of nitrogens with one attached hydrogen (secondary N) is 1. The number of hydrogen-bond donors (Lipinski definition) is 1. The molecule has 0 radical (unpaired) electrons. The van der Waals surface area contributed by atoms with Gasteiger partial charge in [-0.3, -0.25) is 10.2 Å². The molecule has 0 heterocycles. The second-order valence-corrected chi connectivity index (χ2v) is 2.45. The van der Waals surface area contributed by atoms with Gasteiger partial charge >= 0.3 is 5.97 Å². The predicted molar refractivity (Wildman–Crippen MR) is 48.8 cm³/mol. The molecule has 0 aliphatic rings. The molecule has 74 valence electrons. The van der Waals surface area contributed by atoms with Gasteiger partial charge in [0, 0.05) is 0 Å². The molecular weight excluding hydrogens is 172 g/mol. The van der Waals surface area contributed by atoms with Crippen LogP contribution in [0.5, 0.6) is 0 Å². The van der Waals surface area contributed by atoms with Crippen LogP contribution < -0.4 is 0 Å². The van der Waals surface area contributed by atoms with Crippen LogP contribution in [-0.4, -0.2) is 24.7 Å². The quantitative estimate of drug-likeness (QED) is 0.311. The van der Waals surface area contributed by atoms with Gasteiger partial charge in [0.05, 0.1) is 12.8 Å². The highest BCUT2D eigenvalue weighted by molar-refractivity contribution is 5.93. The Morgan fingerprint density at radius 3 is 2.62 bits per heavy atom. The summed E-state index contributed by atoms with van der Waals surface area (Å²) < 4.78 is 4.35. The maximum Gasteiger partial charge on any atom is 0.315 e. The first-order valence-electron chi connectivity index (χ1n) is 3.94. The van der Waals surface area contributed by atoms with E-state index in [1.807, 2.05) is 6.92 Å². The minimum Gasteiger partial charge on any atom is -0.469 e. The van der Waals surface area contributed by atoms with Gasteiger partial charge in [0.15, 0.2) is 0 Å². The second kappa shape index (κ2) is 6.16. The van der Waals surface area contributed by atoms with E-state index in [0.717, 1.165) is 12.1 Å². The van der Waals surface area contributed by atoms with E-state index in [4.69, 9.17) is 5.41 Å². The van der Waals surface area contributed by atoms with Crippen molar-refractivity contribution in [2.75, 3.05) is 7.11 Å². The van der Waals surface area contributed by atoms with Gasteiger partial charge in [-0.25, -0.2) is 0 Å². The zero-order valence-electron chi connectivity index (χ0n) is 8.09. The summed E-state index contributed by atoms with van der Waals surface area (Å²) in [6, 6.07) is 0. The molecular formula is C8H14N2O3. The number of methoxy groups -OCH3 is 1. The van der Waals surface area contributed by atoms with Gasteiger partial charge in [-0.05, 0) is 13.3 Å². The SMILES string of the molecule is CC/C(C)=N/OC(=N)CC(=O)OC. The molecule has 0 aliphatic heterocycles. The summed E-state index contributed by atoms with van der Waals surface area (Å²) in [5.74, 6) is -0.714. The number of carbonyl (C=O) groups is 1. The highest BCUT2D eigenvalue weighted by Crippen LogP contribution is 1.92. The Kier molecular flexibility index (Phi) is 5.50. The van der Waals surface area contributed by atoms with Crippen molar-refractivity contribution >= 4 is 17.6 Å². The van der Waals surface area contributed by atoms with Crippen LogP contribution in [0.2, 0.25) is 0 Å². The summed E-state index contributed by atoms with van der Waals surface area (Å²) in [5, 5.41) is 10.8. The van der Waals surface area contributed by atoms with E-state index >= 15 is 0 Å². The van der Waals surface area contributed by atoms with Gasteiger partial charge in [-0.15, -0.1) is 0 Å². The molecule has 0 spiro atoms. The maximum absolute atomic E-state index is 10.6. The van der Waals surface area contributed by atoms with E-state index in [1.165, 1.54) is 7.11 Å². The van der Waals surface area contributed by atoms with Crippen LogP contribution >= 0.6 is 0 Å². The van der Waals surface area contributed by atoms with E-state index in [0.29, 0.717) is 0 Å². The molecule has 0 saturated heterocycles. The third kappa shape index (κ3) is 5.84. The summed E-state index contributed by atoms with van der Waals surface area (Å²) in [5.41, 5.74) is 0.773. The molecule has 0 aromatic heterocycles. The van der Waals surface area contributed by atoms with Crippen molar-refractivity contribution in [1.29, 1.82) is 5.41 Å². The average molecular weight is 186 g/mol. The summed E-state index contributed by atoms with van der Waals surface area (Å²) in [6.45, 7) is 3.71. The second-order valence-electron chi connectivity index (χ2n) is 2.45. The van der Waals surface area contributed by atoms with Gasteiger partial charge in [0.25, 0.3) is 0 Å². The van der Waals surface area contributed by atoms with Crippen LogP contribution in [0.1, 0.15) is 26.7 Å². The maximum atomic E-state index is 10.6. The Balaban J connectivity index is 3.82. The van der Waals surface area contributed by atoms with Crippen molar-refractivity contribution in [3.05, 3.63) is 0 Å².